The van der Waals surface area contributed by atoms with Gasteiger partial charge in [0.15, 0.2) is 0 Å². The molecule has 2 heterocycles. The van der Waals surface area contributed by atoms with Crippen molar-refractivity contribution < 1.29 is 10.2 Å². The van der Waals surface area contributed by atoms with Gasteiger partial charge in [-0.25, -0.2) is 5.84 Å². The second-order valence-corrected chi connectivity index (χ2v) is 9.63. The fourth-order valence-electron chi connectivity index (χ4n) is 4.43. The molecule has 6 N–H and O–H groups in total. The summed E-state index contributed by atoms with van der Waals surface area (Å²) in [6, 6.07) is 6.45. The van der Waals surface area contributed by atoms with Crippen LogP contribution in [-0.4, -0.2) is 55.2 Å². The Morgan fingerprint density at radius 3 is 2.76 bits per heavy atom. The van der Waals surface area contributed by atoms with Crippen molar-refractivity contribution in [1.29, 1.82) is 0 Å². The fraction of sp³-hybridized carbons (Fsp3) is 0.500. The van der Waals surface area contributed by atoms with E-state index >= 15 is 0 Å². The third-order valence-corrected chi connectivity index (χ3v) is 6.55. The largest absolute Gasteiger partial charge is 0.397 e. The van der Waals surface area contributed by atoms with Gasteiger partial charge in [-0.3, -0.25) is 9.58 Å². The molecule has 2 aliphatic rings. The number of aliphatic hydroxyl groups is 2. The highest BCUT2D eigenvalue weighted by Gasteiger charge is 2.30. The highest BCUT2D eigenvalue weighted by atomic mass is 16.3. The monoisotopic (exact) mass is 468 g/mol. The molecule has 34 heavy (non-hydrogen) atoms. The van der Waals surface area contributed by atoms with E-state index in [0.29, 0.717) is 24.7 Å². The van der Waals surface area contributed by atoms with Gasteiger partial charge in [-0.1, -0.05) is 25.6 Å². The molecule has 1 aliphatic heterocycles. The Balaban J connectivity index is 0.00000324. The van der Waals surface area contributed by atoms with Crippen LogP contribution in [0.1, 0.15) is 61.8 Å². The standard InChI is InChI=1S/C25H36N6O2.CH4/c1-25(33,17-32)22-4-3-9-30(15-22)14-21-8-7-20(10-23(21)19-5-6-19)24(26)16-31(27)13-18-11-28-29(2)12-18;/h4,7-8,10-12,16,19,32-33H,3,5-6,9,13-15,17,26-27H2,1-2H3;1H4/b24-16-;/t25-;/m1./s1. The van der Waals surface area contributed by atoms with Gasteiger partial charge in [-0.05, 0) is 60.4 Å². The number of aromatic nitrogens is 2. The number of hydrazine groups is 1. The minimum Gasteiger partial charge on any atom is -0.397 e. The van der Waals surface area contributed by atoms with Crippen LogP contribution in [0, 0.1) is 0 Å². The Kier molecular flexibility index (Phi) is 8.20. The van der Waals surface area contributed by atoms with Gasteiger partial charge in [0.1, 0.15) is 5.60 Å². The molecular formula is C26H40N6O2. The molecule has 1 aromatic heterocycles. The van der Waals surface area contributed by atoms with Crippen LogP contribution in [0.15, 0.2) is 48.4 Å². The minimum atomic E-state index is -1.16. The first-order valence-corrected chi connectivity index (χ1v) is 11.6. The van der Waals surface area contributed by atoms with Gasteiger partial charge in [0, 0.05) is 44.6 Å². The molecule has 1 fully saturated rings. The summed E-state index contributed by atoms with van der Waals surface area (Å²) in [7, 11) is 1.88. The molecular weight excluding hydrogens is 428 g/mol. The number of benzene rings is 1. The second-order valence-electron chi connectivity index (χ2n) is 9.63. The summed E-state index contributed by atoms with van der Waals surface area (Å²) in [5.74, 6) is 6.75. The number of rotatable bonds is 9. The normalized spacial score (nSPS) is 18.7. The number of hydrogen-bond donors (Lipinski definition) is 4. The van der Waals surface area contributed by atoms with E-state index < -0.39 is 5.60 Å². The van der Waals surface area contributed by atoms with Crippen LogP contribution in [0.3, 0.4) is 0 Å². The van der Waals surface area contributed by atoms with Crippen LogP contribution in [0.5, 0.6) is 0 Å². The minimum absolute atomic E-state index is 0. The lowest BCUT2D eigenvalue weighted by Gasteiger charge is -2.34. The zero-order chi connectivity index (χ0) is 23.6. The summed E-state index contributed by atoms with van der Waals surface area (Å²) in [6.45, 7) is 4.37. The first kappa shape index (κ1) is 26.0. The van der Waals surface area contributed by atoms with Crippen molar-refractivity contribution in [3.05, 3.63) is 70.7 Å². The van der Waals surface area contributed by atoms with Gasteiger partial charge in [0.2, 0.25) is 0 Å². The smallest absolute Gasteiger partial charge is 0.107 e. The Morgan fingerprint density at radius 2 is 2.12 bits per heavy atom. The van der Waals surface area contributed by atoms with E-state index in [1.807, 2.05) is 13.2 Å². The van der Waals surface area contributed by atoms with E-state index in [2.05, 4.69) is 34.3 Å². The van der Waals surface area contributed by atoms with Gasteiger partial charge in [0.25, 0.3) is 0 Å². The first-order valence-electron chi connectivity index (χ1n) is 11.6. The second kappa shape index (κ2) is 10.7. The SMILES string of the molecule is C.Cn1cc(CN(N)/C=C(\N)c2ccc(CN3CCC=C([C@](C)(O)CO)C3)c(C3CC3)c2)cn1. The van der Waals surface area contributed by atoms with Crippen molar-refractivity contribution >= 4 is 5.70 Å². The first-order chi connectivity index (χ1) is 15.7. The maximum absolute atomic E-state index is 10.5. The molecule has 8 heteroatoms. The van der Waals surface area contributed by atoms with Crippen molar-refractivity contribution in [3.63, 3.8) is 0 Å². The number of aryl methyl sites for hydroxylation is 1. The third kappa shape index (κ3) is 6.27. The topological polar surface area (TPSA) is 117 Å². The zero-order valence-corrected chi connectivity index (χ0v) is 19.6. The lowest BCUT2D eigenvalue weighted by molar-refractivity contribution is 0.0247. The number of nitrogens with zero attached hydrogens (tertiary/aromatic N) is 4. The summed E-state index contributed by atoms with van der Waals surface area (Å²) >= 11 is 0. The Bertz CT molecular complexity index is 1040. The van der Waals surface area contributed by atoms with Crippen molar-refractivity contribution in [3.8, 4) is 0 Å². The lowest BCUT2D eigenvalue weighted by Crippen LogP contribution is -2.40. The Labute approximate surface area is 203 Å². The average molecular weight is 469 g/mol. The van der Waals surface area contributed by atoms with E-state index in [1.54, 1.807) is 29.0 Å². The molecule has 0 spiro atoms. The molecule has 0 radical (unpaired) electrons. The molecule has 2 aromatic rings. The molecule has 0 bridgehead atoms. The summed E-state index contributed by atoms with van der Waals surface area (Å²) < 4.78 is 1.75. The Morgan fingerprint density at radius 1 is 1.35 bits per heavy atom. The van der Waals surface area contributed by atoms with Gasteiger partial charge in [-0.2, -0.15) is 5.10 Å². The summed E-state index contributed by atoms with van der Waals surface area (Å²) in [5.41, 5.74) is 11.4. The van der Waals surface area contributed by atoms with Gasteiger partial charge < -0.3 is 21.0 Å². The predicted molar refractivity (Wildman–Crippen MR) is 136 cm³/mol. The molecule has 186 valence electrons. The van der Waals surface area contributed by atoms with Gasteiger partial charge >= 0.3 is 0 Å². The van der Waals surface area contributed by atoms with Crippen LogP contribution < -0.4 is 11.6 Å². The Hall–Kier alpha value is -2.65. The fourth-order valence-corrected chi connectivity index (χ4v) is 4.43. The quantitative estimate of drug-likeness (QED) is 0.254. The molecule has 8 nitrogen and oxygen atoms in total. The third-order valence-electron chi connectivity index (χ3n) is 6.55. The number of nitrogens with two attached hydrogens (primary N) is 2. The van der Waals surface area contributed by atoms with E-state index in [1.165, 1.54) is 24.0 Å². The molecule has 1 saturated carbocycles. The summed E-state index contributed by atoms with van der Waals surface area (Å²) in [5, 5.41) is 25.8. The van der Waals surface area contributed by atoms with Crippen LogP contribution >= 0.6 is 0 Å². The van der Waals surface area contributed by atoms with Gasteiger partial charge in [-0.15, -0.1) is 0 Å². The zero-order valence-electron chi connectivity index (χ0n) is 19.6. The van der Waals surface area contributed by atoms with Crippen LogP contribution in [0.2, 0.25) is 0 Å². The highest BCUT2D eigenvalue weighted by Crippen LogP contribution is 2.43. The maximum atomic E-state index is 10.5. The van der Waals surface area contributed by atoms with E-state index in [0.717, 1.165) is 36.2 Å². The van der Waals surface area contributed by atoms with Crippen LogP contribution in [-0.2, 0) is 20.1 Å². The lowest BCUT2D eigenvalue weighted by atomic mass is 9.92. The molecule has 0 amide bonds. The molecule has 1 aliphatic carbocycles. The van der Waals surface area contributed by atoms with Gasteiger partial charge in [0.05, 0.1) is 25.0 Å². The van der Waals surface area contributed by atoms with E-state index in [4.69, 9.17) is 11.6 Å². The highest BCUT2D eigenvalue weighted by molar-refractivity contribution is 5.64. The summed E-state index contributed by atoms with van der Waals surface area (Å²) in [6.07, 6.45) is 10.9. The van der Waals surface area contributed by atoms with Crippen molar-refractivity contribution in [2.24, 2.45) is 18.6 Å². The van der Waals surface area contributed by atoms with Crippen molar-refractivity contribution in [2.45, 2.75) is 58.2 Å². The number of aliphatic hydroxyl groups excluding tert-OH is 1. The average Bonchev–Trinajstić information content (AvgIpc) is 3.56. The molecule has 1 aromatic carbocycles. The maximum Gasteiger partial charge on any atom is 0.107 e. The molecule has 4 rings (SSSR count). The van der Waals surface area contributed by atoms with Crippen molar-refractivity contribution in [1.82, 2.24) is 19.7 Å². The van der Waals surface area contributed by atoms with Crippen LogP contribution in [0.25, 0.3) is 5.70 Å². The van der Waals surface area contributed by atoms with E-state index in [-0.39, 0.29) is 14.0 Å². The molecule has 1 atom stereocenters. The van der Waals surface area contributed by atoms with E-state index in [9.17, 15) is 10.2 Å². The predicted octanol–water partition coefficient (Wildman–Crippen LogP) is 2.44. The molecule has 0 unspecified atom stereocenters. The van der Waals surface area contributed by atoms with Crippen molar-refractivity contribution in [2.75, 3.05) is 19.7 Å². The van der Waals surface area contributed by atoms with Crippen LogP contribution in [0.4, 0.5) is 0 Å². The molecule has 0 saturated heterocycles. The summed E-state index contributed by atoms with van der Waals surface area (Å²) in [4.78, 5) is 2.34. The number of hydrogen-bond acceptors (Lipinski definition) is 7.